The first kappa shape index (κ1) is 15.0. The first-order chi connectivity index (χ1) is 9.72. The van der Waals surface area contributed by atoms with Gasteiger partial charge in [-0.2, -0.15) is 0 Å². The Balaban J connectivity index is 1.99. The van der Waals surface area contributed by atoms with Gasteiger partial charge in [-0.05, 0) is 43.0 Å². The topological polar surface area (TPSA) is 53.1 Å². The Morgan fingerprint density at radius 2 is 2.20 bits per heavy atom. The van der Waals surface area contributed by atoms with Gasteiger partial charge in [-0.1, -0.05) is 13.8 Å². The summed E-state index contributed by atoms with van der Waals surface area (Å²) in [4.78, 5) is 4.48. The van der Waals surface area contributed by atoms with Crippen molar-refractivity contribution >= 4 is 11.0 Å². The van der Waals surface area contributed by atoms with Gasteiger partial charge in [0.1, 0.15) is 5.65 Å². The molecule has 2 heterocycles. The SMILES string of the molecule is CC(C)CCOCCn1cc(CCN)c2cccnc21. The second-order valence-corrected chi connectivity index (χ2v) is 5.56. The number of fused-ring (bicyclic) bond motifs is 1. The van der Waals surface area contributed by atoms with Crippen molar-refractivity contribution in [2.45, 2.75) is 33.2 Å². The molecule has 0 unspecified atom stereocenters. The van der Waals surface area contributed by atoms with Crippen molar-refractivity contribution in [2.75, 3.05) is 19.8 Å². The molecule has 0 aromatic carbocycles. The molecular weight excluding hydrogens is 250 g/mol. The van der Waals surface area contributed by atoms with Crippen LogP contribution >= 0.6 is 0 Å². The molecular formula is C16H25N3O. The average Bonchev–Trinajstić information content (AvgIpc) is 2.77. The van der Waals surface area contributed by atoms with Crippen molar-refractivity contribution in [3.63, 3.8) is 0 Å². The first-order valence-corrected chi connectivity index (χ1v) is 7.43. The van der Waals surface area contributed by atoms with E-state index < -0.39 is 0 Å². The lowest BCUT2D eigenvalue weighted by atomic mass is 10.1. The van der Waals surface area contributed by atoms with Gasteiger partial charge in [-0.25, -0.2) is 4.98 Å². The van der Waals surface area contributed by atoms with Gasteiger partial charge in [-0.15, -0.1) is 0 Å². The molecule has 2 rings (SSSR count). The maximum absolute atomic E-state index is 5.69. The summed E-state index contributed by atoms with van der Waals surface area (Å²) in [5.41, 5.74) is 7.98. The van der Waals surface area contributed by atoms with Gasteiger partial charge < -0.3 is 15.0 Å². The smallest absolute Gasteiger partial charge is 0.140 e. The molecule has 0 aliphatic carbocycles. The Morgan fingerprint density at radius 3 is 2.95 bits per heavy atom. The molecule has 0 radical (unpaired) electrons. The van der Waals surface area contributed by atoms with Gasteiger partial charge >= 0.3 is 0 Å². The molecule has 2 aromatic heterocycles. The maximum atomic E-state index is 5.69. The minimum atomic E-state index is 0.666. The normalized spacial score (nSPS) is 11.6. The highest BCUT2D eigenvalue weighted by molar-refractivity contribution is 5.80. The average molecular weight is 275 g/mol. The number of nitrogens with zero attached hydrogens (tertiary/aromatic N) is 2. The summed E-state index contributed by atoms with van der Waals surface area (Å²) >= 11 is 0. The van der Waals surface area contributed by atoms with Crippen molar-refractivity contribution < 1.29 is 4.74 Å². The van der Waals surface area contributed by atoms with Crippen LogP contribution in [0, 0.1) is 5.92 Å². The third kappa shape index (κ3) is 3.81. The molecule has 2 N–H and O–H groups in total. The molecule has 4 nitrogen and oxygen atoms in total. The summed E-state index contributed by atoms with van der Waals surface area (Å²) in [6.07, 6.45) is 6.01. The Morgan fingerprint density at radius 1 is 1.35 bits per heavy atom. The molecule has 0 aliphatic heterocycles. The van der Waals surface area contributed by atoms with Crippen LogP contribution in [0.4, 0.5) is 0 Å². The van der Waals surface area contributed by atoms with E-state index in [2.05, 4.69) is 35.7 Å². The van der Waals surface area contributed by atoms with Crippen molar-refractivity contribution in [1.82, 2.24) is 9.55 Å². The standard InChI is InChI=1S/C16H25N3O/c1-13(2)6-10-20-11-9-19-12-14(5-7-17)15-4-3-8-18-16(15)19/h3-4,8,12-13H,5-7,9-11,17H2,1-2H3. The predicted molar refractivity (Wildman–Crippen MR) is 82.8 cm³/mol. The van der Waals surface area contributed by atoms with Gasteiger partial charge in [-0.3, -0.25) is 0 Å². The maximum Gasteiger partial charge on any atom is 0.140 e. The number of pyridine rings is 1. The van der Waals surface area contributed by atoms with Crippen molar-refractivity contribution in [2.24, 2.45) is 11.7 Å². The quantitative estimate of drug-likeness (QED) is 0.753. The Bertz CT molecular complexity index is 534. The van der Waals surface area contributed by atoms with Crippen LogP contribution in [0.2, 0.25) is 0 Å². The fraction of sp³-hybridized carbons (Fsp3) is 0.562. The van der Waals surface area contributed by atoms with Crippen LogP contribution in [-0.2, 0) is 17.7 Å². The summed E-state index contributed by atoms with van der Waals surface area (Å²) in [5.74, 6) is 0.695. The molecule has 0 saturated carbocycles. The zero-order valence-electron chi connectivity index (χ0n) is 12.5. The number of rotatable bonds is 8. The van der Waals surface area contributed by atoms with E-state index in [1.165, 1.54) is 10.9 Å². The van der Waals surface area contributed by atoms with Crippen LogP contribution in [0.1, 0.15) is 25.8 Å². The number of nitrogens with two attached hydrogens (primary N) is 1. The molecule has 0 spiro atoms. The zero-order chi connectivity index (χ0) is 14.4. The van der Waals surface area contributed by atoms with Crippen LogP contribution in [0.15, 0.2) is 24.5 Å². The Kier molecular flexibility index (Phi) is 5.56. The van der Waals surface area contributed by atoms with E-state index in [-0.39, 0.29) is 0 Å². The van der Waals surface area contributed by atoms with Crippen LogP contribution in [-0.4, -0.2) is 29.3 Å². The Hall–Kier alpha value is -1.39. The molecule has 4 heteroatoms. The van der Waals surface area contributed by atoms with Crippen LogP contribution in [0.3, 0.4) is 0 Å². The molecule has 2 aromatic rings. The predicted octanol–water partition coefficient (Wildman–Crippen LogP) is 2.60. The molecule has 0 amide bonds. The van der Waals surface area contributed by atoms with Crippen molar-refractivity contribution in [3.8, 4) is 0 Å². The third-order valence-electron chi connectivity index (χ3n) is 3.45. The summed E-state index contributed by atoms with van der Waals surface area (Å²) in [6, 6.07) is 4.09. The highest BCUT2D eigenvalue weighted by Crippen LogP contribution is 2.19. The third-order valence-corrected chi connectivity index (χ3v) is 3.45. The van der Waals surface area contributed by atoms with Crippen LogP contribution < -0.4 is 5.73 Å². The van der Waals surface area contributed by atoms with Gasteiger partial charge in [0, 0.05) is 30.9 Å². The van der Waals surface area contributed by atoms with Crippen molar-refractivity contribution in [1.29, 1.82) is 0 Å². The lowest BCUT2D eigenvalue weighted by Crippen LogP contribution is -2.07. The van der Waals surface area contributed by atoms with E-state index in [0.29, 0.717) is 12.5 Å². The van der Waals surface area contributed by atoms with Gasteiger partial charge in [0.25, 0.3) is 0 Å². The minimum absolute atomic E-state index is 0.666. The van der Waals surface area contributed by atoms with Gasteiger partial charge in [0.05, 0.1) is 6.61 Å². The Labute approximate surface area is 120 Å². The van der Waals surface area contributed by atoms with Gasteiger partial charge in [0.15, 0.2) is 0 Å². The van der Waals surface area contributed by atoms with E-state index in [0.717, 1.165) is 38.2 Å². The monoisotopic (exact) mass is 275 g/mol. The summed E-state index contributed by atoms with van der Waals surface area (Å²) in [6.45, 7) is 7.50. The highest BCUT2D eigenvalue weighted by Gasteiger charge is 2.08. The number of hydrogen-bond donors (Lipinski definition) is 1. The molecule has 0 fully saturated rings. The van der Waals surface area contributed by atoms with Crippen LogP contribution in [0.5, 0.6) is 0 Å². The van der Waals surface area contributed by atoms with E-state index in [4.69, 9.17) is 10.5 Å². The molecule has 110 valence electrons. The van der Waals surface area contributed by atoms with E-state index in [1.54, 1.807) is 0 Å². The highest BCUT2D eigenvalue weighted by atomic mass is 16.5. The van der Waals surface area contributed by atoms with Crippen molar-refractivity contribution in [3.05, 3.63) is 30.1 Å². The van der Waals surface area contributed by atoms with E-state index >= 15 is 0 Å². The lowest BCUT2D eigenvalue weighted by Gasteiger charge is -2.07. The second kappa shape index (κ2) is 7.41. The summed E-state index contributed by atoms with van der Waals surface area (Å²) in [5, 5.41) is 1.21. The molecule has 0 saturated heterocycles. The summed E-state index contributed by atoms with van der Waals surface area (Å²) < 4.78 is 7.87. The molecule has 0 bridgehead atoms. The second-order valence-electron chi connectivity index (χ2n) is 5.56. The largest absolute Gasteiger partial charge is 0.380 e. The lowest BCUT2D eigenvalue weighted by molar-refractivity contribution is 0.117. The fourth-order valence-corrected chi connectivity index (χ4v) is 2.30. The van der Waals surface area contributed by atoms with Gasteiger partial charge in [0.2, 0.25) is 0 Å². The number of aromatic nitrogens is 2. The van der Waals surface area contributed by atoms with Crippen LogP contribution in [0.25, 0.3) is 11.0 Å². The molecule has 0 atom stereocenters. The fourth-order valence-electron chi connectivity index (χ4n) is 2.30. The number of hydrogen-bond acceptors (Lipinski definition) is 3. The van der Waals surface area contributed by atoms with E-state index in [1.807, 2.05) is 12.3 Å². The first-order valence-electron chi connectivity index (χ1n) is 7.43. The van der Waals surface area contributed by atoms with E-state index in [9.17, 15) is 0 Å². The zero-order valence-corrected chi connectivity index (χ0v) is 12.5. The minimum Gasteiger partial charge on any atom is -0.380 e. The summed E-state index contributed by atoms with van der Waals surface area (Å²) in [7, 11) is 0. The number of ether oxygens (including phenoxy) is 1. The molecule has 0 aliphatic rings. The molecule has 20 heavy (non-hydrogen) atoms.